The molecule has 1 aliphatic rings. The largest absolute Gasteiger partial charge is 0.416 e. The number of benzene rings is 1. The van der Waals surface area contributed by atoms with Crippen molar-refractivity contribution in [3.05, 3.63) is 51.5 Å². The fraction of sp³-hybridized carbons (Fsp3) is 0.438. The van der Waals surface area contributed by atoms with E-state index in [-0.39, 0.29) is 6.04 Å². The average molecular weight is 342 g/mol. The number of aliphatic hydroxyl groups excluding tert-OH is 1. The van der Waals surface area contributed by atoms with E-state index in [2.05, 4.69) is 9.88 Å². The Bertz CT molecular complexity index is 669. The number of β-amino-alcohol motifs (C(OH)–C–C–N with tert-alkyl or cyclic N) is 1. The molecule has 0 radical (unpaired) electrons. The summed E-state index contributed by atoms with van der Waals surface area (Å²) in [5.41, 5.74) is 1.07. The summed E-state index contributed by atoms with van der Waals surface area (Å²) in [6.07, 6.45) is -4.28. The molecule has 3 rings (SSSR count). The number of nitrogens with zero attached hydrogens (tertiary/aromatic N) is 2. The number of thiazole rings is 1. The second kappa shape index (κ2) is 6.22. The van der Waals surface area contributed by atoms with Gasteiger partial charge < -0.3 is 5.11 Å². The lowest BCUT2D eigenvalue weighted by Crippen LogP contribution is -2.24. The van der Waals surface area contributed by atoms with Gasteiger partial charge in [-0.2, -0.15) is 13.2 Å². The van der Waals surface area contributed by atoms with E-state index in [0.29, 0.717) is 19.5 Å². The highest BCUT2D eigenvalue weighted by molar-refractivity contribution is 7.09. The van der Waals surface area contributed by atoms with Crippen LogP contribution in [0.25, 0.3) is 0 Å². The molecule has 2 unspecified atom stereocenters. The molecule has 0 bridgehead atoms. The van der Waals surface area contributed by atoms with Crippen LogP contribution in [0.1, 0.15) is 34.3 Å². The number of likely N-dealkylation sites (tertiary alicyclic amines) is 1. The van der Waals surface area contributed by atoms with E-state index in [1.807, 2.05) is 12.3 Å². The molecule has 1 N–H and O–H groups in total. The van der Waals surface area contributed by atoms with E-state index in [0.717, 1.165) is 28.4 Å². The molecule has 0 amide bonds. The summed E-state index contributed by atoms with van der Waals surface area (Å²) in [6.45, 7) is 3.02. The second-order valence-electron chi connectivity index (χ2n) is 5.81. The van der Waals surface area contributed by atoms with Gasteiger partial charge in [0, 0.05) is 24.5 Å². The summed E-state index contributed by atoms with van der Waals surface area (Å²) < 4.78 is 38.0. The summed E-state index contributed by atoms with van der Waals surface area (Å²) in [4.78, 5) is 6.49. The Morgan fingerprint density at radius 3 is 2.57 bits per heavy atom. The minimum absolute atomic E-state index is 0.0886. The van der Waals surface area contributed by atoms with Crippen LogP contribution in [-0.4, -0.2) is 27.6 Å². The Hall–Kier alpha value is -1.44. The van der Waals surface area contributed by atoms with E-state index >= 15 is 0 Å². The van der Waals surface area contributed by atoms with Gasteiger partial charge in [-0.1, -0.05) is 12.1 Å². The molecular formula is C16H17F3N2OS. The maximum absolute atomic E-state index is 12.7. The third-order valence-electron chi connectivity index (χ3n) is 4.04. The third-order valence-corrected chi connectivity index (χ3v) is 4.86. The van der Waals surface area contributed by atoms with Crippen molar-refractivity contribution >= 4 is 11.3 Å². The van der Waals surface area contributed by atoms with Gasteiger partial charge in [0.05, 0.1) is 22.4 Å². The van der Waals surface area contributed by atoms with E-state index in [4.69, 9.17) is 0 Å². The van der Waals surface area contributed by atoms with Crippen LogP contribution in [0.5, 0.6) is 0 Å². The average Bonchev–Trinajstić information content (AvgIpc) is 3.04. The van der Waals surface area contributed by atoms with Gasteiger partial charge >= 0.3 is 6.18 Å². The highest BCUT2D eigenvalue weighted by Gasteiger charge is 2.34. The molecule has 3 nitrogen and oxygen atoms in total. The van der Waals surface area contributed by atoms with Crippen molar-refractivity contribution in [2.45, 2.75) is 38.2 Å². The number of aliphatic hydroxyl groups is 1. The van der Waals surface area contributed by atoms with Crippen LogP contribution in [0.15, 0.2) is 29.6 Å². The zero-order valence-electron chi connectivity index (χ0n) is 12.5. The number of hydrogen-bond donors (Lipinski definition) is 1. The summed E-state index contributed by atoms with van der Waals surface area (Å²) in [5, 5.41) is 12.9. The van der Waals surface area contributed by atoms with Crippen LogP contribution < -0.4 is 0 Å². The van der Waals surface area contributed by atoms with Crippen molar-refractivity contribution in [3.63, 3.8) is 0 Å². The monoisotopic (exact) mass is 342 g/mol. The van der Waals surface area contributed by atoms with Crippen LogP contribution in [0.4, 0.5) is 13.2 Å². The van der Waals surface area contributed by atoms with Gasteiger partial charge in [0.15, 0.2) is 0 Å². The fourth-order valence-corrected chi connectivity index (χ4v) is 3.59. The van der Waals surface area contributed by atoms with Crippen molar-refractivity contribution < 1.29 is 18.3 Å². The normalized spacial score (nSPS) is 22.7. The lowest BCUT2D eigenvalue weighted by Gasteiger charge is -2.24. The predicted octanol–water partition coefficient (Wildman–Crippen LogP) is 3.78. The maximum atomic E-state index is 12.7. The van der Waals surface area contributed by atoms with Crippen molar-refractivity contribution in [1.29, 1.82) is 0 Å². The highest BCUT2D eigenvalue weighted by atomic mass is 32.1. The first-order valence-electron chi connectivity index (χ1n) is 7.33. The van der Waals surface area contributed by atoms with Gasteiger partial charge in [-0.3, -0.25) is 4.90 Å². The van der Waals surface area contributed by atoms with E-state index in [9.17, 15) is 18.3 Å². The second-order valence-corrected chi connectivity index (χ2v) is 6.87. The quantitative estimate of drug-likeness (QED) is 0.922. The lowest BCUT2D eigenvalue weighted by atomic mass is 10.0. The molecule has 0 aliphatic carbocycles. The maximum Gasteiger partial charge on any atom is 0.416 e. The summed E-state index contributed by atoms with van der Waals surface area (Å²) in [7, 11) is 0. The Labute approximate surface area is 136 Å². The summed E-state index contributed by atoms with van der Waals surface area (Å²) >= 11 is 1.57. The number of rotatable bonds is 3. The topological polar surface area (TPSA) is 36.4 Å². The van der Waals surface area contributed by atoms with Gasteiger partial charge in [0.2, 0.25) is 0 Å². The van der Waals surface area contributed by atoms with Crippen LogP contribution in [0.3, 0.4) is 0 Å². The predicted molar refractivity (Wildman–Crippen MR) is 82.1 cm³/mol. The molecule has 1 saturated heterocycles. The number of hydrogen-bond acceptors (Lipinski definition) is 4. The third kappa shape index (κ3) is 3.73. The van der Waals surface area contributed by atoms with E-state index in [1.165, 1.54) is 12.1 Å². The molecule has 124 valence electrons. The van der Waals surface area contributed by atoms with Gasteiger partial charge in [-0.05, 0) is 31.0 Å². The smallest absolute Gasteiger partial charge is 0.392 e. The van der Waals surface area contributed by atoms with Gasteiger partial charge in [0.1, 0.15) is 0 Å². The van der Waals surface area contributed by atoms with Gasteiger partial charge in [-0.15, -0.1) is 11.3 Å². The van der Waals surface area contributed by atoms with Crippen molar-refractivity contribution in [2.24, 2.45) is 0 Å². The van der Waals surface area contributed by atoms with Crippen LogP contribution in [0.2, 0.25) is 0 Å². The van der Waals surface area contributed by atoms with Crippen molar-refractivity contribution in [3.8, 4) is 0 Å². The Morgan fingerprint density at radius 1 is 1.30 bits per heavy atom. The molecule has 0 saturated carbocycles. The molecule has 1 aliphatic heterocycles. The molecule has 1 fully saturated rings. The molecule has 1 aromatic heterocycles. The molecule has 23 heavy (non-hydrogen) atoms. The number of alkyl halides is 3. The summed E-state index contributed by atoms with van der Waals surface area (Å²) in [5.74, 6) is 0. The molecule has 0 spiro atoms. The first-order valence-corrected chi connectivity index (χ1v) is 8.21. The molecular weight excluding hydrogens is 325 g/mol. The SMILES string of the molecule is Cc1nc(CN2CC(O)CC2c2ccc(C(F)(F)F)cc2)cs1. The Morgan fingerprint density at radius 2 is 2.00 bits per heavy atom. The minimum atomic E-state index is -4.33. The number of aryl methyl sites for hydroxylation is 1. The zero-order valence-corrected chi connectivity index (χ0v) is 13.4. The van der Waals surface area contributed by atoms with Crippen molar-refractivity contribution in [2.75, 3.05) is 6.54 Å². The first-order chi connectivity index (χ1) is 10.8. The van der Waals surface area contributed by atoms with Crippen molar-refractivity contribution in [1.82, 2.24) is 9.88 Å². The highest BCUT2D eigenvalue weighted by Crippen LogP contribution is 2.35. The van der Waals surface area contributed by atoms with Crippen LogP contribution in [0, 0.1) is 6.92 Å². The van der Waals surface area contributed by atoms with E-state index < -0.39 is 17.8 Å². The standard InChI is InChI=1S/C16H17F3N2OS/c1-10-20-13(9-23-10)7-21-8-14(22)6-15(21)11-2-4-12(5-3-11)16(17,18)19/h2-5,9,14-15,22H,6-8H2,1H3. The zero-order chi connectivity index (χ0) is 16.6. The minimum Gasteiger partial charge on any atom is -0.392 e. The molecule has 7 heteroatoms. The molecule has 1 aromatic carbocycles. The van der Waals surface area contributed by atoms with Crippen LogP contribution >= 0.6 is 11.3 Å². The molecule has 2 aromatic rings. The lowest BCUT2D eigenvalue weighted by molar-refractivity contribution is -0.137. The number of halogens is 3. The first kappa shape index (κ1) is 16.4. The number of aromatic nitrogens is 1. The molecule has 2 atom stereocenters. The van der Waals surface area contributed by atoms with E-state index in [1.54, 1.807) is 11.3 Å². The molecule has 2 heterocycles. The van der Waals surface area contributed by atoms with Gasteiger partial charge in [0.25, 0.3) is 0 Å². The Kier molecular flexibility index (Phi) is 4.44. The van der Waals surface area contributed by atoms with Gasteiger partial charge in [-0.25, -0.2) is 4.98 Å². The van der Waals surface area contributed by atoms with Crippen LogP contribution in [-0.2, 0) is 12.7 Å². The fourth-order valence-electron chi connectivity index (χ4n) is 2.98. The Balaban J connectivity index is 1.79. The summed E-state index contributed by atoms with van der Waals surface area (Å²) in [6, 6.07) is 5.13.